The second kappa shape index (κ2) is 8.04. The van der Waals surface area contributed by atoms with Gasteiger partial charge in [0.2, 0.25) is 0 Å². The van der Waals surface area contributed by atoms with Crippen LogP contribution in [0.3, 0.4) is 0 Å². The van der Waals surface area contributed by atoms with Gasteiger partial charge in [-0.1, -0.05) is 19.8 Å². The van der Waals surface area contributed by atoms with Crippen LogP contribution in [-0.4, -0.2) is 38.5 Å². The fourth-order valence-corrected chi connectivity index (χ4v) is 2.35. The third-order valence-corrected chi connectivity index (χ3v) is 3.23. The van der Waals surface area contributed by atoms with E-state index < -0.39 is 0 Å². The van der Waals surface area contributed by atoms with Crippen molar-refractivity contribution in [1.29, 1.82) is 0 Å². The van der Waals surface area contributed by atoms with Gasteiger partial charge in [0.25, 0.3) is 0 Å². The molecule has 0 aliphatic heterocycles. The highest BCUT2D eigenvalue weighted by Gasteiger charge is 2.34. The van der Waals surface area contributed by atoms with E-state index in [1.807, 2.05) is 6.92 Å². The lowest BCUT2D eigenvalue weighted by Crippen LogP contribution is -2.41. The van der Waals surface area contributed by atoms with Crippen molar-refractivity contribution < 1.29 is 9.47 Å². The van der Waals surface area contributed by atoms with Crippen molar-refractivity contribution in [2.45, 2.75) is 51.6 Å². The first kappa shape index (κ1) is 13.9. The van der Waals surface area contributed by atoms with Gasteiger partial charge < -0.3 is 14.8 Å². The molecule has 1 fully saturated rings. The normalized spacial score (nSPS) is 19.1. The Morgan fingerprint density at radius 3 is 2.50 bits per heavy atom. The van der Waals surface area contributed by atoms with Crippen molar-refractivity contribution in [2.75, 3.05) is 32.9 Å². The Kier molecular flexibility index (Phi) is 7.01. The van der Waals surface area contributed by atoms with E-state index in [1.165, 1.54) is 32.1 Å². The van der Waals surface area contributed by atoms with Crippen LogP contribution in [0.25, 0.3) is 0 Å². The summed E-state index contributed by atoms with van der Waals surface area (Å²) in [5.74, 6) is 0. The summed E-state index contributed by atoms with van der Waals surface area (Å²) < 4.78 is 11.4. The number of nitrogens with one attached hydrogen (secondary N) is 1. The van der Waals surface area contributed by atoms with Crippen molar-refractivity contribution in [3.8, 4) is 0 Å². The van der Waals surface area contributed by atoms with Crippen LogP contribution in [0, 0.1) is 0 Å². The molecule has 1 aliphatic rings. The van der Waals surface area contributed by atoms with E-state index in [9.17, 15) is 0 Å². The maximum atomic E-state index is 6.05. The lowest BCUT2D eigenvalue weighted by Gasteiger charge is -2.29. The Labute approximate surface area is 99.9 Å². The lowest BCUT2D eigenvalue weighted by atomic mass is 10.0. The van der Waals surface area contributed by atoms with Gasteiger partial charge in [0.1, 0.15) is 0 Å². The topological polar surface area (TPSA) is 30.5 Å². The molecular weight excluding hydrogens is 202 g/mol. The second-order valence-electron chi connectivity index (χ2n) is 4.61. The molecule has 0 atom stereocenters. The average Bonchev–Trinajstić information content (AvgIpc) is 2.74. The summed E-state index contributed by atoms with van der Waals surface area (Å²) in [7, 11) is 0. The minimum atomic E-state index is 0.103. The molecule has 0 unspecified atom stereocenters. The Balaban J connectivity index is 2.22. The predicted octanol–water partition coefficient (Wildman–Crippen LogP) is 2.35. The third kappa shape index (κ3) is 4.81. The molecule has 0 heterocycles. The molecule has 3 nitrogen and oxygen atoms in total. The summed E-state index contributed by atoms with van der Waals surface area (Å²) in [6.45, 7) is 8.57. The van der Waals surface area contributed by atoms with Crippen LogP contribution in [0.5, 0.6) is 0 Å². The van der Waals surface area contributed by atoms with Crippen molar-refractivity contribution in [3.63, 3.8) is 0 Å². The van der Waals surface area contributed by atoms with Crippen molar-refractivity contribution in [2.24, 2.45) is 0 Å². The Morgan fingerprint density at radius 1 is 1.12 bits per heavy atom. The van der Waals surface area contributed by atoms with E-state index in [1.54, 1.807) is 0 Å². The van der Waals surface area contributed by atoms with Crippen LogP contribution in [-0.2, 0) is 9.47 Å². The monoisotopic (exact) mass is 229 g/mol. The molecule has 0 bridgehead atoms. The number of hydrogen-bond acceptors (Lipinski definition) is 3. The summed E-state index contributed by atoms with van der Waals surface area (Å²) in [5, 5.41) is 3.49. The molecule has 1 aliphatic carbocycles. The van der Waals surface area contributed by atoms with Crippen molar-refractivity contribution >= 4 is 0 Å². The van der Waals surface area contributed by atoms with Gasteiger partial charge >= 0.3 is 0 Å². The van der Waals surface area contributed by atoms with Gasteiger partial charge in [0.05, 0.1) is 18.8 Å². The number of ether oxygens (including phenoxy) is 2. The Bertz CT molecular complexity index is 167. The van der Waals surface area contributed by atoms with Gasteiger partial charge in [0.15, 0.2) is 0 Å². The molecule has 96 valence electrons. The fraction of sp³-hybridized carbons (Fsp3) is 1.00. The molecule has 1 saturated carbocycles. The standard InChI is InChI=1S/C13H27NO2/c1-3-9-14-12-13(7-5-6-8-13)16-11-10-15-4-2/h14H,3-12H2,1-2H3. The molecule has 0 aromatic carbocycles. The fourth-order valence-electron chi connectivity index (χ4n) is 2.35. The van der Waals surface area contributed by atoms with Crippen molar-refractivity contribution in [3.05, 3.63) is 0 Å². The van der Waals surface area contributed by atoms with Crippen molar-refractivity contribution in [1.82, 2.24) is 5.32 Å². The van der Waals surface area contributed by atoms with Gasteiger partial charge in [-0.05, 0) is 32.7 Å². The maximum absolute atomic E-state index is 6.05. The summed E-state index contributed by atoms with van der Waals surface area (Å²) in [4.78, 5) is 0. The van der Waals surface area contributed by atoms with Gasteiger partial charge in [0, 0.05) is 13.2 Å². The molecule has 1 N–H and O–H groups in total. The number of hydrogen-bond donors (Lipinski definition) is 1. The van der Waals surface area contributed by atoms with E-state index in [0.717, 1.165) is 32.9 Å². The van der Waals surface area contributed by atoms with Crippen LogP contribution in [0.4, 0.5) is 0 Å². The van der Waals surface area contributed by atoms with Crippen LogP contribution >= 0.6 is 0 Å². The van der Waals surface area contributed by atoms with Gasteiger partial charge in [-0.3, -0.25) is 0 Å². The molecule has 1 rings (SSSR count). The lowest BCUT2D eigenvalue weighted by molar-refractivity contribution is -0.0613. The van der Waals surface area contributed by atoms with E-state index in [4.69, 9.17) is 9.47 Å². The molecule has 16 heavy (non-hydrogen) atoms. The zero-order chi connectivity index (χ0) is 11.7. The quantitative estimate of drug-likeness (QED) is 0.616. The molecule has 3 heteroatoms. The van der Waals surface area contributed by atoms with Crippen LogP contribution < -0.4 is 5.32 Å². The van der Waals surface area contributed by atoms with Crippen LogP contribution in [0.2, 0.25) is 0 Å². The van der Waals surface area contributed by atoms with Gasteiger partial charge in [-0.25, -0.2) is 0 Å². The molecule has 0 amide bonds. The molecule has 0 aromatic rings. The summed E-state index contributed by atoms with van der Waals surface area (Å²) in [6, 6.07) is 0. The summed E-state index contributed by atoms with van der Waals surface area (Å²) in [5.41, 5.74) is 0.103. The highest BCUT2D eigenvalue weighted by molar-refractivity contribution is 4.88. The van der Waals surface area contributed by atoms with Crippen LogP contribution in [0.1, 0.15) is 46.0 Å². The molecule has 0 radical (unpaired) electrons. The third-order valence-electron chi connectivity index (χ3n) is 3.23. The summed E-state index contributed by atoms with van der Waals surface area (Å²) >= 11 is 0. The van der Waals surface area contributed by atoms with E-state index in [-0.39, 0.29) is 5.60 Å². The minimum Gasteiger partial charge on any atom is -0.379 e. The first-order chi connectivity index (χ1) is 7.83. The first-order valence-corrected chi connectivity index (χ1v) is 6.75. The maximum Gasteiger partial charge on any atom is 0.0807 e. The Hall–Kier alpha value is -0.120. The van der Waals surface area contributed by atoms with Crippen LogP contribution in [0.15, 0.2) is 0 Å². The molecule has 0 aromatic heterocycles. The smallest absolute Gasteiger partial charge is 0.0807 e. The van der Waals surface area contributed by atoms with Gasteiger partial charge in [-0.2, -0.15) is 0 Å². The summed E-state index contributed by atoms with van der Waals surface area (Å²) in [6.07, 6.45) is 6.21. The Morgan fingerprint density at radius 2 is 1.88 bits per heavy atom. The van der Waals surface area contributed by atoms with Gasteiger partial charge in [-0.15, -0.1) is 0 Å². The predicted molar refractivity (Wildman–Crippen MR) is 66.8 cm³/mol. The highest BCUT2D eigenvalue weighted by atomic mass is 16.5. The number of rotatable bonds is 9. The highest BCUT2D eigenvalue weighted by Crippen LogP contribution is 2.32. The van der Waals surface area contributed by atoms with E-state index in [0.29, 0.717) is 0 Å². The second-order valence-corrected chi connectivity index (χ2v) is 4.61. The average molecular weight is 229 g/mol. The molecule has 0 saturated heterocycles. The molecule has 0 spiro atoms. The largest absolute Gasteiger partial charge is 0.379 e. The zero-order valence-corrected chi connectivity index (χ0v) is 10.9. The first-order valence-electron chi connectivity index (χ1n) is 6.75. The SMILES string of the molecule is CCCNCC1(OCCOCC)CCCC1. The van der Waals surface area contributed by atoms with E-state index >= 15 is 0 Å². The zero-order valence-electron chi connectivity index (χ0n) is 10.9. The minimum absolute atomic E-state index is 0.103. The van der Waals surface area contributed by atoms with E-state index in [2.05, 4.69) is 12.2 Å². The molecular formula is C13H27NO2.